The Morgan fingerprint density at radius 3 is 2.74 bits per heavy atom. The van der Waals surface area contributed by atoms with Gasteiger partial charge in [-0.3, -0.25) is 4.79 Å². The molecule has 0 spiro atoms. The van der Waals surface area contributed by atoms with Crippen LogP contribution in [0.15, 0.2) is 18.2 Å². The van der Waals surface area contributed by atoms with Crippen LogP contribution in [0.5, 0.6) is 11.5 Å². The molecule has 23 heavy (non-hydrogen) atoms. The second kappa shape index (κ2) is 8.57. The Labute approximate surface area is 142 Å². The number of thiocarbonyl (C=S) groups is 1. The fourth-order valence-corrected chi connectivity index (χ4v) is 2.72. The highest BCUT2D eigenvalue weighted by atomic mass is 32.1. The van der Waals surface area contributed by atoms with Gasteiger partial charge in [0.15, 0.2) is 16.6 Å². The molecule has 7 heteroatoms. The second-order valence-corrected chi connectivity index (χ2v) is 5.70. The average molecular weight is 337 g/mol. The van der Waals surface area contributed by atoms with Gasteiger partial charge in [-0.25, -0.2) is 0 Å². The fourth-order valence-electron chi connectivity index (χ4n) is 2.50. The number of nitrogens with zero attached hydrogens (tertiary/aromatic N) is 1. The summed E-state index contributed by atoms with van der Waals surface area (Å²) in [6, 6.07) is 5.52. The first-order chi connectivity index (χ1) is 11.1. The number of ether oxygens (including phenoxy) is 2. The van der Waals surface area contributed by atoms with Crippen LogP contribution in [0.4, 0.5) is 5.69 Å². The predicted octanol–water partition coefficient (Wildman–Crippen LogP) is 2.00. The molecule has 0 unspecified atom stereocenters. The summed E-state index contributed by atoms with van der Waals surface area (Å²) < 4.78 is 10.5. The predicted molar refractivity (Wildman–Crippen MR) is 94.2 cm³/mol. The van der Waals surface area contributed by atoms with Crippen LogP contribution in [-0.4, -0.2) is 49.8 Å². The van der Waals surface area contributed by atoms with Crippen LogP contribution in [0.3, 0.4) is 0 Å². The van der Waals surface area contributed by atoms with Crippen LogP contribution in [0.1, 0.15) is 19.3 Å². The number of carbonyl (C=O) groups is 1. The third kappa shape index (κ3) is 4.99. The molecule has 1 aromatic rings. The van der Waals surface area contributed by atoms with E-state index in [0.29, 0.717) is 23.0 Å². The van der Waals surface area contributed by atoms with Crippen LogP contribution in [0, 0.1) is 0 Å². The van der Waals surface area contributed by atoms with E-state index in [4.69, 9.17) is 21.7 Å². The highest BCUT2D eigenvalue weighted by Gasteiger charge is 2.18. The maximum Gasteiger partial charge on any atom is 0.222 e. The van der Waals surface area contributed by atoms with Gasteiger partial charge in [0, 0.05) is 37.8 Å². The summed E-state index contributed by atoms with van der Waals surface area (Å²) in [5.41, 5.74) is 0.829. The number of hydrogen-bond donors (Lipinski definition) is 2. The van der Waals surface area contributed by atoms with Crippen LogP contribution < -0.4 is 20.1 Å². The third-order valence-electron chi connectivity index (χ3n) is 3.70. The fraction of sp³-hybridized carbons (Fsp3) is 0.500. The van der Waals surface area contributed by atoms with Crippen molar-refractivity contribution in [1.29, 1.82) is 0 Å². The quantitative estimate of drug-likeness (QED) is 0.586. The molecule has 6 nitrogen and oxygen atoms in total. The maximum atomic E-state index is 11.5. The molecule has 2 N–H and O–H groups in total. The molecular weight excluding hydrogens is 314 g/mol. The zero-order valence-electron chi connectivity index (χ0n) is 13.6. The third-order valence-corrected chi connectivity index (χ3v) is 3.95. The van der Waals surface area contributed by atoms with Crippen molar-refractivity contribution < 1.29 is 14.3 Å². The minimum atomic E-state index is 0.260. The van der Waals surface area contributed by atoms with Gasteiger partial charge in [-0.2, -0.15) is 0 Å². The first-order valence-electron chi connectivity index (χ1n) is 7.68. The van der Waals surface area contributed by atoms with Gasteiger partial charge in [0.25, 0.3) is 0 Å². The maximum absolute atomic E-state index is 11.5. The molecule has 1 amide bonds. The molecule has 0 radical (unpaired) electrons. The van der Waals surface area contributed by atoms with E-state index >= 15 is 0 Å². The molecule has 126 valence electrons. The molecule has 0 atom stereocenters. The average Bonchev–Trinajstić information content (AvgIpc) is 2.96. The summed E-state index contributed by atoms with van der Waals surface area (Å²) in [7, 11) is 3.19. The number of hydrogen-bond acceptors (Lipinski definition) is 4. The van der Waals surface area contributed by atoms with Crippen LogP contribution in [0.25, 0.3) is 0 Å². The summed E-state index contributed by atoms with van der Waals surface area (Å²) in [4.78, 5) is 13.4. The number of benzene rings is 1. The lowest BCUT2D eigenvalue weighted by Gasteiger charge is -2.16. The van der Waals surface area contributed by atoms with Crippen LogP contribution >= 0.6 is 12.2 Å². The van der Waals surface area contributed by atoms with Crippen LogP contribution in [0.2, 0.25) is 0 Å². The summed E-state index contributed by atoms with van der Waals surface area (Å²) in [6.07, 6.45) is 2.54. The highest BCUT2D eigenvalue weighted by Crippen LogP contribution is 2.29. The lowest BCUT2D eigenvalue weighted by atomic mass is 10.3. The molecule has 1 fully saturated rings. The number of methoxy groups -OCH3 is 2. The Balaban J connectivity index is 1.73. The Kier molecular flexibility index (Phi) is 6.46. The standard InChI is InChI=1S/C16H23N3O3S/c1-21-13-7-6-12(11-14(13)22-2)18-16(23)17-8-4-10-19-9-3-5-15(19)20/h6-7,11H,3-5,8-10H2,1-2H3,(H2,17,18,23). The topological polar surface area (TPSA) is 62.8 Å². The summed E-state index contributed by atoms with van der Waals surface area (Å²) in [5, 5.41) is 6.80. The Morgan fingerprint density at radius 2 is 2.09 bits per heavy atom. The Bertz CT molecular complexity index is 566. The molecule has 2 rings (SSSR count). The van der Waals surface area contributed by atoms with Crippen molar-refractivity contribution in [3.63, 3.8) is 0 Å². The van der Waals surface area contributed by atoms with Gasteiger partial charge in [-0.05, 0) is 37.2 Å². The van der Waals surface area contributed by atoms with Crippen molar-refractivity contribution in [3.8, 4) is 11.5 Å². The van der Waals surface area contributed by atoms with Crippen molar-refractivity contribution in [2.45, 2.75) is 19.3 Å². The molecule has 1 aromatic carbocycles. The summed E-state index contributed by atoms with van der Waals surface area (Å²) in [6.45, 7) is 2.39. The molecule has 0 aliphatic carbocycles. The van der Waals surface area contributed by atoms with Crippen molar-refractivity contribution in [2.75, 3.05) is 39.2 Å². The van der Waals surface area contributed by atoms with E-state index in [1.807, 2.05) is 23.1 Å². The number of anilines is 1. The van der Waals surface area contributed by atoms with Crippen molar-refractivity contribution >= 4 is 28.9 Å². The van der Waals surface area contributed by atoms with E-state index < -0.39 is 0 Å². The molecule has 1 aliphatic heterocycles. The van der Waals surface area contributed by atoms with E-state index in [-0.39, 0.29) is 5.91 Å². The largest absolute Gasteiger partial charge is 0.493 e. The molecule has 1 heterocycles. The van der Waals surface area contributed by atoms with Gasteiger partial charge >= 0.3 is 0 Å². The summed E-state index contributed by atoms with van der Waals surface area (Å²) in [5.74, 6) is 1.58. The lowest BCUT2D eigenvalue weighted by Crippen LogP contribution is -2.32. The molecule has 1 saturated heterocycles. The molecular formula is C16H23N3O3S. The summed E-state index contributed by atoms with van der Waals surface area (Å²) >= 11 is 5.27. The van der Waals surface area contributed by atoms with Crippen molar-refractivity contribution in [1.82, 2.24) is 10.2 Å². The smallest absolute Gasteiger partial charge is 0.222 e. The number of nitrogens with one attached hydrogen (secondary N) is 2. The number of rotatable bonds is 7. The number of likely N-dealkylation sites (tertiary alicyclic amines) is 1. The van der Waals surface area contributed by atoms with Gasteiger partial charge < -0.3 is 25.0 Å². The minimum absolute atomic E-state index is 0.260. The number of amides is 1. The first kappa shape index (κ1) is 17.3. The normalized spacial score (nSPS) is 13.8. The minimum Gasteiger partial charge on any atom is -0.493 e. The molecule has 0 aromatic heterocycles. The van der Waals surface area contributed by atoms with Gasteiger partial charge in [0.1, 0.15) is 0 Å². The van der Waals surface area contributed by atoms with Gasteiger partial charge in [-0.1, -0.05) is 0 Å². The zero-order valence-corrected chi connectivity index (χ0v) is 14.4. The zero-order chi connectivity index (χ0) is 16.7. The van der Waals surface area contributed by atoms with Crippen molar-refractivity contribution in [3.05, 3.63) is 18.2 Å². The monoisotopic (exact) mass is 337 g/mol. The van der Waals surface area contributed by atoms with E-state index in [1.165, 1.54) is 0 Å². The lowest BCUT2D eigenvalue weighted by molar-refractivity contribution is -0.127. The molecule has 1 aliphatic rings. The van der Waals surface area contributed by atoms with Gasteiger partial charge in [0.2, 0.25) is 5.91 Å². The van der Waals surface area contributed by atoms with E-state index in [2.05, 4.69) is 10.6 Å². The van der Waals surface area contributed by atoms with Gasteiger partial charge in [0.05, 0.1) is 14.2 Å². The van der Waals surface area contributed by atoms with E-state index in [9.17, 15) is 4.79 Å². The molecule has 0 bridgehead atoms. The Morgan fingerprint density at radius 1 is 1.30 bits per heavy atom. The highest BCUT2D eigenvalue weighted by molar-refractivity contribution is 7.80. The Hall–Kier alpha value is -2.02. The SMILES string of the molecule is COc1ccc(NC(=S)NCCCN2CCCC2=O)cc1OC. The second-order valence-electron chi connectivity index (χ2n) is 5.29. The van der Waals surface area contributed by atoms with Crippen LogP contribution in [-0.2, 0) is 4.79 Å². The van der Waals surface area contributed by atoms with Crippen molar-refractivity contribution in [2.24, 2.45) is 0 Å². The van der Waals surface area contributed by atoms with E-state index in [0.717, 1.165) is 38.2 Å². The number of carbonyl (C=O) groups excluding carboxylic acids is 1. The molecule has 0 saturated carbocycles. The van der Waals surface area contributed by atoms with E-state index in [1.54, 1.807) is 14.2 Å². The first-order valence-corrected chi connectivity index (χ1v) is 8.09. The van der Waals surface area contributed by atoms with Gasteiger partial charge in [-0.15, -0.1) is 0 Å².